The third-order valence-electron chi connectivity index (χ3n) is 4.09. The van der Waals surface area contributed by atoms with Crippen LogP contribution in [0.1, 0.15) is 12.0 Å². The fourth-order valence-corrected chi connectivity index (χ4v) is 2.82. The van der Waals surface area contributed by atoms with Crippen LogP contribution in [-0.4, -0.2) is 61.5 Å². The third kappa shape index (κ3) is 4.27. The number of nitrogens with two attached hydrogens (primary N) is 1. The van der Waals surface area contributed by atoms with Crippen LogP contribution in [0.25, 0.3) is 0 Å². The molecule has 1 aromatic rings. The van der Waals surface area contributed by atoms with E-state index >= 15 is 0 Å². The van der Waals surface area contributed by atoms with Gasteiger partial charge in [0, 0.05) is 32.7 Å². The van der Waals surface area contributed by atoms with E-state index in [1.807, 2.05) is 32.3 Å². The Bertz CT molecular complexity index is 463. The van der Waals surface area contributed by atoms with E-state index in [4.69, 9.17) is 5.73 Å². The third-order valence-corrected chi connectivity index (χ3v) is 4.09. The molecule has 1 saturated heterocycles. The summed E-state index contributed by atoms with van der Waals surface area (Å²) in [5.41, 5.74) is 6.35. The first-order valence-corrected chi connectivity index (χ1v) is 7.48. The molecule has 1 aromatic carbocycles. The number of primary amides is 1. The van der Waals surface area contributed by atoms with E-state index in [0.717, 1.165) is 32.6 Å². The number of hydrogen-bond donors (Lipinski definition) is 2. The van der Waals surface area contributed by atoms with Crippen molar-refractivity contribution >= 4 is 5.91 Å². The second-order valence-electron chi connectivity index (χ2n) is 6.12. The molecule has 0 aromatic heterocycles. The lowest BCUT2D eigenvalue weighted by Crippen LogP contribution is -2.58. The van der Waals surface area contributed by atoms with Crippen molar-refractivity contribution in [1.29, 1.82) is 0 Å². The van der Waals surface area contributed by atoms with Crippen LogP contribution < -0.4 is 11.1 Å². The number of benzene rings is 1. The highest BCUT2D eigenvalue weighted by atomic mass is 16.1. The molecule has 5 heteroatoms. The molecule has 1 aliphatic rings. The molecular weight excluding hydrogens is 264 g/mol. The van der Waals surface area contributed by atoms with Gasteiger partial charge in [0.1, 0.15) is 5.54 Å². The summed E-state index contributed by atoms with van der Waals surface area (Å²) in [6, 6.07) is 10.3. The van der Waals surface area contributed by atoms with E-state index in [9.17, 15) is 4.79 Å². The van der Waals surface area contributed by atoms with Crippen LogP contribution in [0.2, 0.25) is 0 Å². The fraction of sp³-hybridized carbons (Fsp3) is 0.562. The van der Waals surface area contributed by atoms with Crippen LogP contribution in [0.15, 0.2) is 30.3 Å². The van der Waals surface area contributed by atoms with Gasteiger partial charge in [-0.05, 0) is 26.1 Å². The first-order valence-electron chi connectivity index (χ1n) is 7.48. The Hall–Kier alpha value is -1.43. The van der Waals surface area contributed by atoms with Crippen LogP contribution in [0.5, 0.6) is 0 Å². The SMILES string of the molecule is CN(C)CCNC1(C(N)=O)CCN(Cc2ccccc2)C1. The summed E-state index contributed by atoms with van der Waals surface area (Å²) in [6.07, 6.45) is 0.780. The van der Waals surface area contributed by atoms with Gasteiger partial charge in [0.15, 0.2) is 0 Å². The Morgan fingerprint density at radius 2 is 2.10 bits per heavy atom. The number of likely N-dealkylation sites (tertiary alicyclic amines) is 1. The van der Waals surface area contributed by atoms with Crippen molar-refractivity contribution in [3.05, 3.63) is 35.9 Å². The monoisotopic (exact) mass is 290 g/mol. The summed E-state index contributed by atoms with van der Waals surface area (Å²) in [4.78, 5) is 16.3. The Labute approximate surface area is 127 Å². The van der Waals surface area contributed by atoms with Crippen LogP contribution in [-0.2, 0) is 11.3 Å². The van der Waals surface area contributed by atoms with Crippen molar-refractivity contribution < 1.29 is 4.79 Å². The normalized spacial score (nSPS) is 22.8. The zero-order valence-corrected chi connectivity index (χ0v) is 13.0. The molecule has 1 aliphatic heterocycles. The minimum Gasteiger partial charge on any atom is -0.368 e. The van der Waals surface area contributed by atoms with Crippen molar-refractivity contribution in [3.8, 4) is 0 Å². The summed E-state index contributed by atoms with van der Waals surface area (Å²) in [6.45, 7) is 4.12. The second-order valence-corrected chi connectivity index (χ2v) is 6.12. The van der Waals surface area contributed by atoms with E-state index in [0.29, 0.717) is 6.54 Å². The number of rotatable bonds is 7. The molecular formula is C16H26N4O. The zero-order valence-electron chi connectivity index (χ0n) is 13.0. The van der Waals surface area contributed by atoms with Gasteiger partial charge < -0.3 is 16.0 Å². The van der Waals surface area contributed by atoms with Crippen molar-refractivity contribution in [1.82, 2.24) is 15.1 Å². The standard InChI is InChI=1S/C16H26N4O/c1-19(2)11-9-18-16(15(17)21)8-10-20(13-16)12-14-6-4-3-5-7-14/h3-7,18H,8-13H2,1-2H3,(H2,17,21). The number of hydrogen-bond acceptors (Lipinski definition) is 4. The van der Waals surface area contributed by atoms with Crippen LogP contribution >= 0.6 is 0 Å². The Morgan fingerprint density at radius 3 is 2.71 bits per heavy atom. The molecule has 3 N–H and O–H groups in total. The van der Waals surface area contributed by atoms with E-state index < -0.39 is 5.54 Å². The molecule has 1 heterocycles. The number of nitrogens with zero attached hydrogens (tertiary/aromatic N) is 2. The number of carbonyl (C=O) groups is 1. The molecule has 1 fully saturated rings. The van der Waals surface area contributed by atoms with Gasteiger partial charge in [-0.15, -0.1) is 0 Å². The molecule has 0 saturated carbocycles. The van der Waals surface area contributed by atoms with Gasteiger partial charge in [-0.25, -0.2) is 0 Å². The van der Waals surface area contributed by atoms with Crippen LogP contribution in [0.3, 0.4) is 0 Å². The number of carbonyl (C=O) groups excluding carboxylic acids is 1. The summed E-state index contributed by atoms with van der Waals surface area (Å²) in [5, 5.41) is 3.38. The highest BCUT2D eigenvalue weighted by molar-refractivity contribution is 5.85. The molecule has 0 radical (unpaired) electrons. The summed E-state index contributed by atoms with van der Waals surface area (Å²) in [7, 11) is 4.05. The van der Waals surface area contributed by atoms with Crippen molar-refractivity contribution in [2.75, 3.05) is 40.3 Å². The number of nitrogens with one attached hydrogen (secondary N) is 1. The first-order chi connectivity index (χ1) is 10.0. The Kier molecular flexibility index (Phi) is 5.33. The molecule has 2 rings (SSSR count). The predicted octanol–water partition coefficient (Wildman–Crippen LogP) is 0.268. The molecule has 0 bridgehead atoms. The second kappa shape index (κ2) is 7.02. The predicted molar refractivity (Wildman–Crippen MR) is 84.8 cm³/mol. The average molecular weight is 290 g/mol. The van der Waals surface area contributed by atoms with Crippen molar-refractivity contribution in [2.24, 2.45) is 5.73 Å². The summed E-state index contributed by atoms with van der Waals surface area (Å²) in [5.74, 6) is -0.239. The summed E-state index contributed by atoms with van der Waals surface area (Å²) < 4.78 is 0. The maximum Gasteiger partial charge on any atom is 0.239 e. The maximum atomic E-state index is 11.9. The minimum absolute atomic E-state index is 0.239. The van der Waals surface area contributed by atoms with E-state index in [1.54, 1.807) is 0 Å². The Balaban J connectivity index is 1.93. The van der Waals surface area contributed by atoms with Gasteiger partial charge in [0.25, 0.3) is 0 Å². The van der Waals surface area contributed by atoms with Gasteiger partial charge in [0.05, 0.1) is 0 Å². The van der Waals surface area contributed by atoms with Crippen LogP contribution in [0, 0.1) is 0 Å². The molecule has 5 nitrogen and oxygen atoms in total. The zero-order chi connectivity index (χ0) is 15.3. The number of amides is 1. The molecule has 1 unspecified atom stereocenters. The van der Waals surface area contributed by atoms with Crippen LogP contribution in [0.4, 0.5) is 0 Å². The molecule has 0 aliphatic carbocycles. The summed E-state index contributed by atoms with van der Waals surface area (Å²) >= 11 is 0. The quantitative estimate of drug-likeness (QED) is 0.756. The highest BCUT2D eigenvalue weighted by Gasteiger charge is 2.42. The van der Waals surface area contributed by atoms with E-state index in [1.165, 1.54) is 5.56 Å². The van der Waals surface area contributed by atoms with Gasteiger partial charge in [-0.3, -0.25) is 9.69 Å². The van der Waals surface area contributed by atoms with Crippen molar-refractivity contribution in [2.45, 2.75) is 18.5 Å². The topological polar surface area (TPSA) is 61.6 Å². The van der Waals surface area contributed by atoms with E-state index in [2.05, 4.69) is 27.2 Å². The van der Waals surface area contributed by atoms with Gasteiger partial charge in [-0.1, -0.05) is 30.3 Å². The van der Waals surface area contributed by atoms with E-state index in [-0.39, 0.29) is 5.91 Å². The highest BCUT2D eigenvalue weighted by Crippen LogP contribution is 2.22. The molecule has 21 heavy (non-hydrogen) atoms. The van der Waals surface area contributed by atoms with Gasteiger partial charge in [0.2, 0.25) is 5.91 Å². The maximum absolute atomic E-state index is 11.9. The molecule has 116 valence electrons. The van der Waals surface area contributed by atoms with Crippen molar-refractivity contribution in [3.63, 3.8) is 0 Å². The Morgan fingerprint density at radius 1 is 1.38 bits per heavy atom. The average Bonchev–Trinajstić information content (AvgIpc) is 2.84. The molecule has 1 atom stereocenters. The number of likely N-dealkylation sites (N-methyl/N-ethyl adjacent to an activating group) is 1. The lowest BCUT2D eigenvalue weighted by atomic mass is 9.98. The molecule has 1 amide bonds. The first kappa shape index (κ1) is 15.9. The largest absolute Gasteiger partial charge is 0.368 e. The van der Waals surface area contributed by atoms with Gasteiger partial charge >= 0.3 is 0 Å². The fourth-order valence-electron chi connectivity index (χ4n) is 2.82. The van der Waals surface area contributed by atoms with Gasteiger partial charge in [-0.2, -0.15) is 0 Å². The lowest BCUT2D eigenvalue weighted by Gasteiger charge is -2.28. The smallest absolute Gasteiger partial charge is 0.239 e. The molecule has 0 spiro atoms. The minimum atomic E-state index is -0.579. The lowest BCUT2D eigenvalue weighted by molar-refractivity contribution is -0.124.